The SMILES string of the molecule is C=CCNC(=O)[C@H]1CCCN(c2ncccn2)C1. The third-order valence-electron chi connectivity index (χ3n) is 3.05. The topological polar surface area (TPSA) is 58.1 Å². The van der Waals surface area contributed by atoms with Crippen LogP contribution < -0.4 is 10.2 Å². The number of anilines is 1. The molecule has 0 radical (unpaired) electrons. The van der Waals surface area contributed by atoms with E-state index in [2.05, 4.69) is 26.8 Å². The van der Waals surface area contributed by atoms with Gasteiger partial charge in [-0.15, -0.1) is 6.58 Å². The van der Waals surface area contributed by atoms with Gasteiger partial charge in [-0.3, -0.25) is 4.79 Å². The number of carbonyl (C=O) groups is 1. The summed E-state index contributed by atoms with van der Waals surface area (Å²) in [4.78, 5) is 22.4. The lowest BCUT2D eigenvalue weighted by Crippen LogP contribution is -2.43. The molecule has 1 aliphatic rings. The van der Waals surface area contributed by atoms with Gasteiger partial charge in [0.1, 0.15) is 0 Å². The predicted molar refractivity (Wildman–Crippen MR) is 70.2 cm³/mol. The fraction of sp³-hybridized carbons (Fsp3) is 0.462. The number of carbonyl (C=O) groups excluding carboxylic acids is 1. The molecule has 5 heteroatoms. The first-order chi connectivity index (χ1) is 8.81. The molecule has 0 aromatic carbocycles. The Morgan fingerprint density at radius 2 is 2.33 bits per heavy atom. The number of nitrogens with zero attached hydrogens (tertiary/aromatic N) is 3. The van der Waals surface area contributed by atoms with Crippen molar-refractivity contribution in [2.45, 2.75) is 12.8 Å². The maximum atomic E-state index is 11.9. The molecule has 1 fully saturated rings. The van der Waals surface area contributed by atoms with E-state index in [0.29, 0.717) is 19.0 Å². The summed E-state index contributed by atoms with van der Waals surface area (Å²) in [5.74, 6) is 0.816. The molecule has 2 rings (SSSR count). The maximum Gasteiger partial charge on any atom is 0.225 e. The van der Waals surface area contributed by atoms with Gasteiger partial charge in [-0.05, 0) is 18.9 Å². The number of piperidine rings is 1. The quantitative estimate of drug-likeness (QED) is 0.805. The highest BCUT2D eigenvalue weighted by Gasteiger charge is 2.26. The molecular weight excluding hydrogens is 228 g/mol. The average molecular weight is 246 g/mol. The minimum Gasteiger partial charge on any atom is -0.352 e. The smallest absolute Gasteiger partial charge is 0.225 e. The summed E-state index contributed by atoms with van der Waals surface area (Å²) in [5.41, 5.74) is 0. The van der Waals surface area contributed by atoms with E-state index in [0.717, 1.165) is 19.4 Å². The van der Waals surface area contributed by atoms with Gasteiger partial charge in [-0.25, -0.2) is 9.97 Å². The van der Waals surface area contributed by atoms with Crippen molar-refractivity contribution in [3.05, 3.63) is 31.1 Å². The fourth-order valence-corrected chi connectivity index (χ4v) is 2.14. The van der Waals surface area contributed by atoms with Crippen molar-refractivity contribution in [1.82, 2.24) is 15.3 Å². The van der Waals surface area contributed by atoms with Crippen LogP contribution in [0.15, 0.2) is 31.1 Å². The standard InChI is InChI=1S/C13H18N4O/c1-2-6-14-12(18)11-5-3-9-17(10-11)13-15-7-4-8-16-13/h2,4,7-8,11H,1,3,5-6,9-10H2,(H,14,18)/t11-/m0/s1. The van der Waals surface area contributed by atoms with Crippen LogP contribution in [0.1, 0.15) is 12.8 Å². The second-order valence-electron chi connectivity index (χ2n) is 4.37. The van der Waals surface area contributed by atoms with Gasteiger partial charge in [-0.2, -0.15) is 0 Å². The maximum absolute atomic E-state index is 11.9. The van der Waals surface area contributed by atoms with E-state index in [4.69, 9.17) is 0 Å². The lowest BCUT2D eigenvalue weighted by Gasteiger charge is -2.31. The van der Waals surface area contributed by atoms with E-state index in [-0.39, 0.29) is 11.8 Å². The van der Waals surface area contributed by atoms with Crippen LogP contribution in [0, 0.1) is 5.92 Å². The number of amides is 1. The Bertz CT molecular complexity index is 407. The van der Waals surface area contributed by atoms with Crippen LogP contribution in [0.5, 0.6) is 0 Å². The first-order valence-corrected chi connectivity index (χ1v) is 6.22. The van der Waals surface area contributed by atoms with E-state index in [1.165, 1.54) is 0 Å². The number of hydrogen-bond donors (Lipinski definition) is 1. The molecule has 1 saturated heterocycles. The lowest BCUT2D eigenvalue weighted by molar-refractivity contribution is -0.125. The van der Waals surface area contributed by atoms with Crippen LogP contribution in [-0.2, 0) is 4.79 Å². The Kier molecular flexibility index (Phi) is 4.28. The largest absolute Gasteiger partial charge is 0.352 e. The fourth-order valence-electron chi connectivity index (χ4n) is 2.14. The Balaban J connectivity index is 1.96. The molecule has 1 N–H and O–H groups in total. The number of aromatic nitrogens is 2. The molecule has 1 aromatic heterocycles. The molecular formula is C13H18N4O. The normalized spacial score (nSPS) is 19.3. The minimum atomic E-state index is 0.0162. The van der Waals surface area contributed by atoms with Crippen molar-refractivity contribution in [1.29, 1.82) is 0 Å². The molecule has 1 atom stereocenters. The van der Waals surface area contributed by atoms with E-state index in [1.54, 1.807) is 24.5 Å². The van der Waals surface area contributed by atoms with Crippen molar-refractivity contribution in [3.63, 3.8) is 0 Å². The Morgan fingerprint density at radius 3 is 3.06 bits per heavy atom. The second kappa shape index (κ2) is 6.14. The average Bonchev–Trinajstić information content (AvgIpc) is 2.46. The van der Waals surface area contributed by atoms with Crippen molar-refractivity contribution in [2.24, 2.45) is 5.92 Å². The second-order valence-corrected chi connectivity index (χ2v) is 4.37. The molecule has 0 spiro atoms. The molecule has 1 amide bonds. The summed E-state index contributed by atoms with van der Waals surface area (Å²) >= 11 is 0. The zero-order valence-electron chi connectivity index (χ0n) is 10.4. The number of hydrogen-bond acceptors (Lipinski definition) is 4. The summed E-state index contributed by atoms with van der Waals surface area (Å²) in [6.07, 6.45) is 7.06. The summed E-state index contributed by atoms with van der Waals surface area (Å²) in [5, 5.41) is 2.85. The first-order valence-electron chi connectivity index (χ1n) is 6.22. The van der Waals surface area contributed by atoms with Gasteiger partial charge < -0.3 is 10.2 Å². The Labute approximate surface area is 107 Å². The summed E-state index contributed by atoms with van der Waals surface area (Å²) in [6.45, 7) is 5.72. The van der Waals surface area contributed by atoms with Crippen LogP contribution in [0.3, 0.4) is 0 Å². The van der Waals surface area contributed by atoms with E-state index in [9.17, 15) is 4.79 Å². The van der Waals surface area contributed by atoms with Gasteiger partial charge >= 0.3 is 0 Å². The van der Waals surface area contributed by atoms with Gasteiger partial charge in [0.05, 0.1) is 5.92 Å². The molecule has 0 bridgehead atoms. The van der Waals surface area contributed by atoms with E-state index >= 15 is 0 Å². The van der Waals surface area contributed by atoms with Crippen LogP contribution in [0.4, 0.5) is 5.95 Å². The molecule has 2 heterocycles. The molecule has 1 aliphatic heterocycles. The van der Waals surface area contributed by atoms with Crippen LogP contribution >= 0.6 is 0 Å². The van der Waals surface area contributed by atoms with Gasteiger partial charge in [0, 0.05) is 32.0 Å². The van der Waals surface area contributed by atoms with Crippen molar-refractivity contribution in [3.8, 4) is 0 Å². The van der Waals surface area contributed by atoms with E-state index in [1.807, 2.05) is 0 Å². The highest BCUT2D eigenvalue weighted by molar-refractivity contribution is 5.79. The third-order valence-corrected chi connectivity index (χ3v) is 3.05. The summed E-state index contributed by atoms with van der Waals surface area (Å²) in [7, 11) is 0. The molecule has 0 unspecified atom stereocenters. The lowest BCUT2D eigenvalue weighted by atomic mass is 9.97. The molecule has 18 heavy (non-hydrogen) atoms. The highest BCUT2D eigenvalue weighted by atomic mass is 16.1. The highest BCUT2D eigenvalue weighted by Crippen LogP contribution is 2.19. The minimum absolute atomic E-state index is 0.0162. The van der Waals surface area contributed by atoms with Crippen molar-refractivity contribution >= 4 is 11.9 Å². The molecule has 0 saturated carbocycles. The monoisotopic (exact) mass is 246 g/mol. The van der Waals surface area contributed by atoms with Crippen molar-refractivity contribution in [2.75, 3.05) is 24.5 Å². The summed E-state index contributed by atoms with van der Waals surface area (Å²) < 4.78 is 0. The Hall–Kier alpha value is -1.91. The van der Waals surface area contributed by atoms with E-state index < -0.39 is 0 Å². The predicted octanol–water partition coefficient (Wildman–Crippen LogP) is 0.995. The molecule has 5 nitrogen and oxygen atoms in total. The van der Waals surface area contributed by atoms with Crippen LogP contribution in [0.2, 0.25) is 0 Å². The zero-order chi connectivity index (χ0) is 12.8. The Morgan fingerprint density at radius 1 is 1.56 bits per heavy atom. The number of rotatable bonds is 4. The van der Waals surface area contributed by atoms with Gasteiger partial charge in [0.15, 0.2) is 0 Å². The zero-order valence-corrected chi connectivity index (χ0v) is 10.4. The van der Waals surface area contributed by atoms with Crippen LogP contribution in [-0.4, -0.2) is 35.5 Å². The molecule has 96 valence electrons. The molecule has 0 aliphatic carbocycles. The third kappa shape index (κ3) is 3.06. The van der Waals surface area contributed by atoms with Gasteiger partial charge in [-0.1, -0.05) is 6.08 Å². The van der Waals surface area contributed by atoms with Crippen molar-refractivity contribution < 1.29 is 4.79 Å². The first kappa shape index (κ1) is 12.5. The summed E-state index contributed by atoms with van der Waals surface area (Å²) in [6, 6.07) is 1.79. The number of nitrogens with one attached hydrogen (secondary N) is 1. The van der Waals surface area contributed by atoms with Gasteiger partial charge in [0.2, 0.25) is 11.9 Å². The van der Waals surface area contributed by atoms with Gasteiger partial charge in [0.25, 0.3) is 0 Å². The van der Waals surface area contributed by atoms with Crippen LogP contribution in [0.25, 0.3) is 0 Å². The molecule has 1 aromatic rings.